The normalized spacial score (nSPS) is 10.5. The van der Waals surface area contributed by atoms with Crippen LogP contribution in [-0.2, 0) is 11.2 Å². The number of nitrogens with one attached hydrogen (secondary N) is 2. The number of ether oxygens (including phenoxy) is 1. The SMILES string of the molecule is CCc1ccc(Nc2nnc(SCC(=O)Nc3cc(OC)c([N+](=O)[O-])cc3C)s2)cc1. The molecular formula is C20H21N5O4S2. The van der Waals surface area contributed by atoms with Crippen molar-refractivity contribution in [2.45, 2.75) is 24.6 Å². The van der Waals surface area contributed by atoms with Crippen LogP contribution in [0, 0.1) is 17.0 Å². The van der Waals surface area contributed by atoms with Gasteiger partial charge in [0.1, 0.15) is 0 Å². The van der Waals surface area contributed by atoms with E-state index in [1.54, 1.807) is 6.92 Å². The Morgan fingerprint density at radius 2 is 2.00 bits per heavy atom. The van der Waals surface area contributed by atoms with Crippen LogP contribution in [0.15, 0.2) is 40.7 Å². The Hall–Kier alpha value is -3.18. The lowest BCUT2D eigenvalue weighted by atomic mass is 10.1. The van der Waals surface area contributed by atoms with E-state index in [1.165, 1.54) is 47.9 Å². The van der Waals surface area contributed by atoms with E-state index in [-0.39, 0.29) is 23.1 Å². The molecule has 2 N–H and O–H groups in total. The fourth-order valence-corrected chi connectivity index (χ4v) is 4.27. The summed E-state index contributed by atoms with van der Waals surface area (Å²) in [6, 6.07) is 10.9. The summed E-state index contributed by atoms with van der Waals surface area (Å²) in [4.78, 5) is 22.9. The van der Waals surface area contributed by atoms with E-state index in [0.717, 1.165) is 12.1 Å². The Balaban J connectivity index is 1.57. The van der Waals surface area contributed by atoms with Gasteiger partial charge in [0.25, 0.3) is 0 Å². The molecule has 31 heavy (non-hydrogen) atoms. The van der Waals surface area contributed by atoms with Crippen LogP contribution in [0.1, 0.15) is 18.1 Å². The number of anilines is 3. The molecule has 2 aromatic carbocycles. The number of thioether (sulfide) groups is 1. The summed E-state index contributed by atoms with van der Waals surface area (Å²) in [7, 11) is 1.35. The van der Waals surface area contributed by atoms with Gasteiger partial charge < -0.3 is 15.4 Å². The first kappa shape index (κ1) is 22.5. The molecule has 1 aromatic heterocycles. The molecule has 3 aromatic rings. The van der Waals surface area contributed by atoms with E-state index < -0.39 is 4.92 Å². The lowest BCUT2D eigenvalue weighted by Crippen LogP contribution is -2.15. The van der Waals surface area contributed by atoms with Gasteiger partial charge in [0.2, 0.25) is 11.0 Å². The van der Waals surface area contributed by atoms with Crippen LogP contribution in [0.5, 0.6) is 5.75 Å². The number of amides is 1. The highest BCUT2D eigenvalue weighted by Crippen LogP contribution is 2.33. The maximum Gasteiger partial charge on any atom is 0.311 e. The molecule has 0 bridgehead atoms. The topological polar surface area (TPSA) is 119 Å². The number of nitrogens with zero attached hydrogens (tertiary/aromatic N) is 3. The van der Waals surface area contributed by atoms with Gasteiger partial charge in [-0.2, -0.15) is 0 Å². The summed E-state index contributed by atoms with van der Waals surface area (Å²) >= 11 is 2.62. The van der Waals surface area contributed by atoms with Crippen molar-refractivity contribution in [3.05, 3.63) is 57.6 Å². The van der Waals surface area contributed by atoms with Gasteiger partial charge in [0.05, 0.1) is 17.8 Å². The predicted molar refractivity (Wildman–Crippen MR) is 123 cm³/mol. The molecule has 11 heteroatoms. The molecule has 162 valence electrons. The van der Waals surface area contributed by atoms with Crippen LogP contribution < -0.4 is 15.4 Å². The number of rotatable bonds is 9. The summed E-state index contributed by atoms with van der Waals surface area (Å²) < 4.78 is 5.71. The van der Waals surface area contributed by atoms with Crippen molar-refractivity contribution in [3.63, 3.8) is 0 Å². The number of aryl methyl sites for hydroxylation is 2. The van der Waals surface area contributed by atoms with Gasteiger partial charge in [-0.25, -0.2) is 0 Å². The molecule has 1 amide bonds. The maximum atomic E-state index is 12.3. The summed E-state index contributed by atoms with van der Waals surface area (Å²) in [5, 5.41) is 25.9. The largest absolute Gasteiger partial charge is 0.490 e. The second kappa shape index (κ2) is 10.2. The molecule has 0 fully saturated rings. The minimum absolute atomic E-state index is 0.0883. The van der Waals surface area contributed by atoms with Crippen molar-refractivity contribution in [3.8, 4) is 5.75 Å². The maximum absolute atomic E-state index is 12.3. The molecule has 3 rings (SSSR count). The van der Waals surface area contributed by atoms with Crippen molar-refractivity contribution in [2.24, 2.45) is 0 Å². The molecule has 0 saturated heterocycles. The van der Waals surface area contributed by atoms with Crippen molar-refractivity contribution in [1.29, 1.82) is 0 Å². The molecule has 1 heterocycles. The standard InChI is InChI=1S/C20H21N5O4S2/c1-4-13-5-7-14(8-6-13)21-19-23-24-20(31-19)30-11-18(26)22-15-10-17(29-3)16(25(27)28)9-12(15)2/h5-10H,4,11H2,1-3H3,(H,21,23)(H,22,26). The van der Waals surface area contributed by atoms with Crippen LogP contribution in [-0.4, -0.2) is 33.9 Å². The van der Waals surface area contributed by atoms with Crippen LogP contribution in [0.25, 0.3) is 0 Å². The zero-order chi connectivity index (χ0) is 22.4. The quantitative estimate of drug-likeness (QED) is 0.266. The summed E-state index contributed by atoms with van der Waals surface area (Å²) in [6.45, 7) is 3.79. The Morgan fingerprint density at radius 3 is 2.65 bits per heavy atom. The number of aromatic nitrogens is 2. The predicted octanol–water partition coefficient (Wildman–Crippen LogP) is 4.80. The fraction of sp³-hybridized carbons (Fsp3) is 0.250. The van der Waals surface area contributed by atoms with Crippen molar-refractivity contribution >= 4 is 51.2 Å². The highest BCUT2D eigenvalue weighted by molar-refractivity contribution is 8.01. The number of hydrogen-bond donors (Lipinski definition) is 2. The first-order valence-corrected chi connectivity index (χ1v) is 11.1. The molecule has 0 aliphatic heterocycles. The smallest absolute Gasteiger partial charge is 0.311 e. The van der Waals surface area contributed by atoms with E-state index in [0.29, 0.717) is 20.7 Å². The molecule has 0 spiro atoms. The van der Waals surface area contributed by atoms with E-state index in [1.807, 2.05) is 12.1 Å². The third kappa shape index (κ3) is 5.92. The van der Waals surface area contributed by atoms with Gasteiger partial charge in [-0.3, -0.25) is 14.9 Å². The third-order valence-electron chi connectivity index (χ3n) is 4.34. The molecule has 0 aliphatic carbocycles. The van der Waals surface area contributed by atoms with E-state index >= 15 is 0 Å². The molecule has 0 aliphatic rings. The third-order valence-corrected chi connectivity index (χ3v) is 6.32. The first-order chi connectivity index (χ1) is 14.9. The summed E-state index contributed by atoms with van der Waals surface area (Å²) in [6.07, 6.45) is 0.980. The highest BCUT2D eigenvalue weighted by Gasteiger charge is 2.18. The Labute approximate surface area is 187 Å². The number of carbonyl (C=O) groups excluding carboxylic acids is 1. The number of methoxy groups -OCH3 is 1. The molecule has 0 unspecified atom stereocenters. The fourth-order valence-electron chi connectivity index (χ4n) is 2.69. The van der Waals surface area contributed by atoms with Gasteiger partial charge in [0.15, 0.2) is 10.1 Å². The van der Waals surface area contributed by atoms with Crippen LogP contribution >= 0.6 is 23.1 Å². The van der Waals surface area contributed by atoms with Crippen LogP contribution in [0.3, 0.4) is 0 Å². The number of carbonyl (C=O) groups is 1. The lowest BCUT2D eigenvalue weighted by molar-refractivity contribution is -0.385. The minimum atomic E-state index is -0.521. The van der Waals surface area contributed by atoms with E-state index in [9.17, 15) is 14.9 Å². The summed E-state index contributed by atoms with van der Waals surface area (Å²) in [5.74, 6) is -0.0484. The van der Waals surface area contributed by atoms with Crippen LogP contribution in [0.2, 0.25) is 0 Å². The monoisotopic (exact) mass is 459 g/mol. The number of nitro benzene ring substituents is 1. The number of nitro groups is 1. The Morgan fingerprint density at radius 1 is 1.26 bits per heavy atom. The van der Waals surface area contributed by atoms with Gasteiger partial charge in [-0.05, 0) is 36.6 Å². The Bertz CT molecular complexity index is 1090. The first-order valence-electron chi connectivity index (χ1n) is 9.34. The Kier molecular flexibility index (Phi) is 7.42. The number of benzene rings is 2. The van der Waals surface area contributed by atoms with Gasteiger partial charge in [-0.1, -0.05) is 42.2 Å². The number of hydrogen-bond acceptors (Lipinski definition) is 9. The average molecular weight is 460 g/mol. The zero-order valence-electron chi connectivity index (χ0n) is 17.2. The highest BCUT2D eigenvalue weighted by atomic mass is 32.2. The summed E-state index contributed by atoms with van der Waals surface area (Å²) in [5.41, 5.74) is 3.06. The van der Waals surface area contributed by atoms with Crippen LogP contribution in [0.4, 0.5) is 22.2 Å². The molecule has 0 saturated carbocycles. The van der Waals surface area contributed by atoms with Crippen molar-refractivity contribution in [2.75, 3.05) is 23.5 Å². The van der Waals surface area contributed by atoms with Crippen molar-refractivity contribution in [1.82, 2.24) is 10.2 Å². The second-order valence-electron chi connectivity index (χ2n) is 6.48. The molecule has 9 nitrogen and oxygen atoms in total. The minimum Gasteiger partial charge on any atom is -0.490 e. The van der Waals surface area contributed by atoms with Gasteiger partial charge in [0, 0.05) is 23.5 Å². The zero-order valence-corrected chi connectivity index (χ0v) is 18.8. The van der Waals surface area contributed by atoms with Gasteiger partial charge in [-0.15, -0.1) is 10.2 Å². The molecule has 0 atom stereocenters. The average Bonchev–Trinajstić information content (AvgIpc) is 3.21. The molecular weight excluding hydrogens is 438 g/mol. The molecule has 0 radical (unpaired) electrons. The lowest BCUT2D eigenvalue weighted by Gasteiger charge is -2.10. The van der Waals surface area contributed by atoms with Gasteiger partial charge >= 0.3 is 5.69 Å². The van der Waals surface area contributed by atoms with E-state index in [4.69, 9.17) is 4.74 Å². The van der Waals surface area contributed by atoms with E-state index in [2.05, 4.69) is 39.9 Å². The van der Waals surface area contributed by atoms with Crippen molar-refractivity contribution < 1.29 is 14.5 Å². The second-order valence-corrected chi connectivity index (χ2v) is 8.68.